The molecule has 240 valence electrons. The SMILES string of the molecule is C=CC1=C(C)[C@@H]([C@H](O)c2[nH]c(/C=c3\[nH]c(/C=C4\NC(=O)[C@H](C)[C@H]4[C@@H](C)S)c(C)\c3=C\CC(=O)O)c(CCC(=O)O)c2C)NC1=O. The summed E-state index contributed by atoms with van der Waals surface area (Å²) in [5, 5.41) is 37.2. The van der Waals surface area contributed by atoms with E-state index in [0.717, 1.165) is 5.56 Å². The summed E-state index contributed by atoms with van der Waals surface area (Å²) in [6.45, 7) is 12.8. The second kappa shape index (κ2) is 13.4. The number of aromatic nitrogens is 2. The van der Waals surface area contributed by atoms with Gasteiger partial charge in [0, 0.05) is 51.5 Å². The molecule has 2 aromatic heterocycles. The van der Waals surface area contributed by atoms with Crippen LogP contribution in [0.15, 0.2) is 29.5 Å². The fourth-order valence-corrected chi connectivity index (χ4v) is 6.73. The number of H-pyrrole nitrogens is 2. The lowest BCUT2D eigenvalue weighted by atomic mass is 9.91. The number of thiol groups is 1. The highest BCUT2D eigenvalue weighted by Crippen LogP contribution is 2.34. The van der Waals surface area contributed by atoms with E-state index in [9.17, 15) is 34.5 Å². The van der Waals surface area contributed by atoms with Crippen LogP contribution in [-0.4, -0.2) is 60.3 Å². The first-order chi connectivity index (χ1) is 21.2. The van der Waals surface area contributed by atoms with Crippen LogP contribution < -0.4 is 21.2 Å². The van der Waals surface area contributed by atoms with Crippen LogP contribution >= 0.6 is 12.6 Å². The number of aromatic amines is 2. The topological polar surface area (TPSA) is 185 Å². The van der Waals surface area contributed by atoms with Crippen molar-refractivity contribution in [3.05, 3.63) is 73.8 Å². The lowest BCUT2D eigenvalue weighted by molar-refractivity contribution is -0.137. The zero-order valence-corrected chi connectivity index (χ0v) is 26.8. The zero-order chi connectivity index (χ0) is 33.3. The highest BCUT2D eigenvalue weighted by Gasteiger charge is 2.38. The molecule has 2 amide bonds. The van der Waals surface area contributed by atoms with E-state index in [4.69, 9.17) is 0 Å². The summed E-state index contributed by atoms with van der Waals surface area (Å²) in [5.41, 5.74) is 5.45. The first-order valence-electron chi connectivity index (χ1n) is 14.7. The first-order valence-corrected chi connectivity index (χ1v) is 15.3. The van der Waals surface area contributed by atoms with E-state index in [2.05, 4.69) is 39.8 Å². The van der Waals surface area contributed by atoms with E-state index in [0.29, 0.717) is 55.6 Å². The Kier molecular flexibility index (Phi) is 9.98. The Bertz CT molecular complexity index is 1760. The molecule has 7 N–H and O–H groups in total. The molecule has 2 aliphatic heterocycles. The van der Waals surface area contributed by atoms with Crippen LogP contribution in [0.1, 0.15) is 73.5 Å². The molecule has 4 heterocycles. The van der Waals surface area contributed by atoms with Crippen molar-refractivity contribution in [2.24, 2.45) is 11.8 Å². The van der Waals surface area contributed by atoms with Crippen molar-refractivity contribution in [2.75, 3.05) is 0 Å². The van der Waals surface area contributed by atoms with Crippen molar-refractivity contribution in [1.82, 2.24) is 20.6 Å². The number of aliphatic hydroxyl groups excluding tert-OH is 1. The monoisotopic (exact) mass is 636 g/mol. The van der Waals surface area contributed by atoms with Gasteiger partial charge < -0.3 is 35.9 Å². The van der Waals surface area contributed by atoms with Gasteiger partial charge in [-0.05, 0) is 66.8 Å². The summed E-state index contributed by atoms with van der Waals surface area (Å²) in [5.74, 6) is -2.83. The van der Waals surface area contributed by atoms with E-state index < -0.39 is 24.1 Å². The summed E-state index contributed by atoms with van der Waals surface area (Å²) in [6, 6.07) is -0.709. The van der Waals surface area contributed by atoms with E-state index in [-0.39, 0.29) is 48.2 Å². The number of carbonyl (C=O) groups excluding carboxylic acids is 2. The molecule has 12 heteroatoms. The minimum absolute atomic E-state index is 0.0967. The van der Waals surface area contributed by atoms with Crippen LogP contribution in [0.25, 0.3) is 18.2 Å². The number of nitrogens with one attached hydrogen (secondary N) is 4. The van der Waals surface area contributed by atoms with E-state index in [1.165, 1.54) is 6.08 Å². The van der Waals surface area contributed by atoms with Crippen LogP contribution in [0.5, 0.6) is 0 Å². The summed E-state index contributed by atoms with van der Waals surface area (Å²) in [4.78, 5) is 54.6. The van der Waals surface area contributed by atoms with Gasteiger partial charge >= 0.3 is 11.9 Å². The van der Waals surface area contributed by atoms with Gasteiger partial charge in [-0.1, -0.05) is 32.6 Å². The molecular formula is C33H40N4O7S. The number of carboxylic acids is 2. The molecule has 1 fully saturated rings. The molecule has 0 radical (unpaired) electrons. The third kappa shape index (κ3) is 6.71. The summed E-state index contributed by atoms with van der Waals surface area (Å²) < 4.78 is 0. The lowest BCUT2D eigenvalue weighted by Gasteiger charge is -2.20. The van der Waals surface area contributed by atoms with Crippen molar-refractivity contribution < 1.29 is 34.5 Å². The van der Waals surface area contributed by atoms with Crippen molar-refractivity contribution >= 4 is 54.6 Å². The van der Waals surface area contributed by atoms with Gasteiger partial charge in [0.1, 0.15) is 6.10 Å². The number of carboxylic acid groups (broad SMARTS) is 2. The second-order valence-electron chi connectivity index (χ2n) is 11.7. The predicted molar refractivity (Wildman–Crippen MR) is 174 cm³/mol. The van der Waals surface area contributed by atoms with E-state index in [1.807, 2.05) is 26.8 Å². The van der Waals surface area contributed by atoms with Crippen LogP contribution in [0, 0.1) is 25.7 Å². The van der Waals surface area contributed by atoms with E-state index >= 15 is 0 Å². The summed E-state index contributed by atoms with van der Waals surface area (Å²) >= 11 is 4.60. The molecule has 0 bridgehead atoms. The molecule has 0 saturated carbocycles. The van der Waals surface area contributed by atoms with Gasteiger partial charge in [-0.3, -0.25) is 19.2 Å². The van der Waals surface area contributed by atoms with Crippen molar-refractivity contribution in [1.29, 1.82) is 0 Å². The third-order valence-corrected chi connectivity index (χ3v) is 9.13. The number of carbonyl (C=O) groups is 4. The molecule has 0 spiro atoms. The zero-order valence-electron chi connectivity index (χ0n) is 25.9. The first kappa shape index (κ1) is 33.6. The summed E-state index contributed by atoms with van der Waals surface area (Å²) in [6.07, 6.45) is 5.26. The Morgan fingerprint density at radius 3 is 2.31 bits per heavy atom. The van der Waals surface area contributed by atoms with Crippen molar-refractivity contribution in [3.63, 3.8) is 0 Å². The molecule has 11 nitrogen and oxygen atoms in total. The number of allylic oxidation sites excluding steroid dienone is 1. The molecule has 0 unspecified atom stereocenters. The van der Waals surface area contributed by atoms with Gasteiger partial charge in [0.2, 0.25) is 5.91 Å². The number of hydrogen-bond acceptors (Lipinski definition) is 6. The van der Waals surface area contributed by atoms with Gasteiger partial charge in [-0.25, -0.2) is 0 Å². The highest BCUT2D eigenvalue weighted by molar-refractivity contribution is 7.80. The molecular weight excluding hydrogens is 596 g/mol. The molecule has 45 heavy (non-hydrogen) atoms. The molecule has 2 aromatic rings. The average molecular weight is 637 g/mol. The summed E-state index contributed by atoms with van der Waals surface area (Å²) in [7, 11) is 0. The van der Waals surface area contributed by atoms with Crippen molar-refractivity contribution in [3.8, 4) is 0 Å². The van der Waals surface area contributed by atoms with Gasteiger partial charge in [0.15, 0.2) is 0 Å². The maximum atomic E-state index is 12.5. The Morgan fingerprint density at radius 2 is 1.73 bits per heavy atom. The third-order valence-electron chi connectivity index (χ3n) is 8.81. The second-order valence-corrected chi connectivity index (χ2v) is 12.5. The van der Waals surface area contributed by atoms with E-state index in [1.54, 1.807) is 26.0 Å². The fourth-order valence-electron chi connectivity index (χ4n) is 6.31. The number of hydrogen-bond donors (Lipinski definition) is 8. The predicted octanol–water partition coefficient (Wildman–Crippen LogP) is 2.14. The maximum absolute atomic E-state index is 12.5. The smallest absolute Gasteiger partial charge is 0.307 e. The van der Waals surface area contributed by atoms with Gasteiger partial charge in [-0.15, -0.1) is 0 Å². The van der Waals surface area contributed by atoms with Crippen LogP contribution in [0.3, 0.4) is 0 Å². The molecule has 0 aliphatic carbocycles. The lowest BCUT2D eigenvalue weighted by Crippen LogP contribution is -2.34. The van der Waals surface area contributed by atoms with Crippen molar-refractivity contribution in [2.45, 2.75) is 71.3 Å². The minimum atomic E-state index is -1.16. The Hall–Kier alpha value is -4.29. The normalized spacial score (nSPS) is 23.1. The molecule has 4 rings (SSSR count). The number of rotatable bonds is 11. The molecule has 1 saturated heterocycles. The Morgan fingerprint density at radius 1 is 1.04 bits per heavy atom. The van der Waals surface area contributed by atoms with Gasteiger partial charge in [0.05, 0.1) is 18.2 Å². The quantitative estimate of drug-likeness (QED) is 0.174. The van der Waals surface area contributed by atoms with Crippen LogP contribution in [0.4, 0.5) is 0 Å². The largest absolute Gasteiger partial charge is 0.481 e. The molecule has 5 atom stereocenters. The number of amides is 2. The standard InChI is InChI=1S/C33H40N4O7S/c1-7-19-15(3)30(37-33(19)44)31(42)29-16(4)21(9-11-27(40)41)24(35-29)13-23-20(8-10-26(38)39)14(2)22(34-23)12-25-28(18(6)45)17(5)32(43)36-25/h7-8,12-13,17-18,28,30-31,34-35,42,45H,1,9-11H2,2-6H3,(H,36,43)(H,37,44)(H,38,39)(H,40,41)/b20-8-,23-13-,25-12-/t17-,18-,28+,30+,31-/m1/s1. The molecule has 2 aliphatic rings. The van der Waals surface area contributed by atoms with Crippen LogP contribution in [-0.2, 0) is 25.6 Å². The number of aliphatic hydroxyl groups is 1. The minimum Gasteiger partial charge on any atom is -0.481 e. The van der Waals surface area contributed by atoms with Crippen LogP contribution in [0.2, 0.25) is 0 Å². The molecule has 0 aromatic carbocycles. The van der Waals surface area contributed by atoms with Gasteiger partial charge in [0.25, 0.3) is 5.91 Å². The number of aliphatic carboxylic acids is 2. The Balaban J connectivity index is 1.90. The average Bonchev–Trinajstić information content (AvgIpc) is 3.62. The highest BCUT2D eigenvalue weighted by atomic mass is 32.1. The van der Waals surface area contributed by atoms with Gasteiger partial charge in [-0.2, -0.15) is 12.6 Å². The fraction of sp³-hybridized carbons (Fsp3) is 0.394. The maximum Gasteiger partial charge on any atom is 0.307 e. The Labute approximate surface area is 266 Å².